The Morgan fingerprint density at radius 1 is 1.11 bits per heavy atom. The molecule has 1 aliphatic rings. The summed E-state index contributed by atoms with van der Waals surface area (Å²) in [4.78, 5) is 28.9. The average molecular weight is 368 g/mol. The Morgan fingerprint density at radius 3 is 2.59 bits per heavy atom. The molecular weight excluding hydrogens is 342 g/mol. The molecule has 0 unspecified atom stereocenters. The molecule has 2 amide bonds. The van der Waals surface area contributed by atoms with Gasteiger partial charge < -0.3 is 19.9 Å². The zero-order valence-corrected chi connectivity index (χ0v) is 15.8. The van der Waals surface area contributed by atoms with Gasteiger partial charge in [-0.25, -0.2) is 0 Å². The molecule has 0 aromatic heterocycles. The Hall–Kier alpha value is -2.86. The smallest absolute Gasteiger partial charge is 0.256 e. The lowest BCUT2D eigenvalue weighted by Gasteiger charge is -2.30. The molecule has 2 N–H and O–H groups in total. The number of piperazine rings is 1. The summed E-state index contributed by atoms with van der Waals surface area (Å²) >= 11 is 0. The van der Waals surface area contributed by atoms with Crippen LogP contribution < -0.4 is 15.0 Å². The predicted molar refractivity (Wildman–Crippen MR) is 105 cm³/mol. The van der Waals surface area contributed by atoms with Gasteiger partial charge in [-0.3, -0.25) is 9.59 Å². The number of amides is 2. The zero-order valence-electron chi connectivity index (χ0n) is 15.8. The molecule has 1 fully saturated rings. The Balaban J connectivity index is 1.77. The molecule has 0 atom stereocenters. The SMILES string of the molecule is CCOc1cccc(C(=O)Nc2ccccc2C(=O)N2CC[NH+](C)CC2)c1. The fourth-order valence-electron chi connectivity index (χ4n) is 3.13. The number of para-hydroxylation sites is 1. The number of nitrogens with one attached hydrogen (secondary N) is 2. The van der Waals surface area contributed by atoms with E-state index in [-0.39, 0.29) is 11.8 Å². The Labute approximate surface area is 159 Å². The van der Waals surface area contributed by atoms with E-state index in [1.807, 2.05) is 30.0 Å². The number of likely N-dealkylation sites (N-methyl/N-ethyl adjacent to an activating group) is 1. The van der Waals surface area contributed by atoms with Crippen LogP contribution in [0.4, 0.5) is 5.69 Å². The van der Waals surface area contributed by atoms with Crippen molar-refractivity contribution in [2.45, 2.75) is 6.92 Å². The zero-order chi connectivity index (χ0) is 19.2. The van der Waals surface area contributed by atoms with Gasteiger partial charge in [0.15, 0.2) is 0 Å². The number of rotatable bonds is 5. The first-order valence-electron chi connectivity index (χ1n) is 9.32. The lowest BCUT2D eigenvalue weighted by atomic mass is 10.1. The number of ether oxygens (including phenoxy) is 1. The molecule has 0 aliphatic carbocycles. The maximum Gasteiger partial charge on any atom is 0.256 e. The molecule has 1 heterocycles. The highest BCUT2D eigenvalue weighted by molar-refractivity contribution is 6.09. The van der Waals surface area contributed by atoms with E-state index in [4.69, 9.17) is 4.74 Å². The molecule has 1 aliphatic heterocycles. The maximum atomic E-state index is 12.9. The molecule has 6 heteroatoms. The van der Waals surface area contributed by atoms with Crippen molar-refractivity contribution in [2.24, 2.45) is 0 Å². The molecule has 1 saturated heterocycles. The first-order chi connectivity index (χ1) is 13.1. The maximum absolute atomic E-state index is 12.9. The van der Waals surface area contributed by atoms with Gasteiger partial charge in [-0.05, 0) is 37.3 Å². The molecular formula is C21H26N3O3+. The summed E-state index contributed by atoms with van der Waals surface area (Å²) in [6.07, 6.45) is 0. The van der Waals surface area contributed by atoms with Gasteiger partial charge in [0, 0.05) is 5.56 Å². The summed E-state index contributed by atoms with van der Waals surface area (Å²) in [5.41, 5.74) is 1.54. The molecule has 0 radical (unpaired) electrons. The van der Waals surface area contributed by atoms with Crippen LogP contribution in [-0.4, -0.2) is 56.5 Å². The molecule has 2 aromatic carbocycles. The van der Waals surface area contributed by atoms with E-state index in [0.29, 0.717) is 29.2 Å². The molecule has 27 heavy (non-hydrogen) atoms. The normalized spacial score (nSPS) is 14.7. The predicted octanol–water partition coefficient (Wildman–Crippen LogP) is 1.31. The quantitative estimate of drug-likeness (QED) is 0.836. The minimum absolute atomic E-state index is 0.0403. The van der Waals surface area contributed by atoms with Crippen LogP contribution in [-0.2, 0) is 0 Å². The standard InChI is InChI=1S/C21H25N3O3/c1-3-27-17-8-6-7-16(15-17)20(25)22-19-10-5-4-9-18(19)21(26)24-13-11-23(2)12-14-24/h4-10,15H,3,11-14H2,1-2H3,(H,22,25)/p+1. The van der Waals surface area contributed by atoms with Crippen LogP contribution in [0.2, 0.25) is 0 Å². The number of carbonyl (C=O) groups is 2. The van der Waals surface area contributed by atoms with E-state index in [0.717, 1.165) is 26.2 Å². The van der Waals surface area contributed by atoms with Gasteiger partial charge in [-0.15, -0.1) is 0 Å². The van der Waals surface area contributed by atoms with E-state index in [2.05, 4.69) is 12.4 Å². The van der Waals surface area contributed by atoms with E-state index < -0.39 is 0 Å². The van der Waals surface area contributed by atoms with Gasteiger partial charge in [0.1, 0.15) is 5.75 Å². The van der Waals surface area contributed by atoms with Crippen molar-refractivity contribution in [1.82, 2.24) is 4.90 Å². The number of hydrogen-bond acceptors (Lipinski definition) is 3. The highest BCUT2D eigenvalue weighted by Gasteiger charge is 2.24. The van der Waals surface area contributed by atoms with Crippen LogP contribution in [0.25, 0.3) is 0 Å². The lowest BCUT2D eigenvalue weighted by molar-refractivity contribution is -0.883. The number of benzene rings is 2. The first kappa shape index (κ1) is 18.9. The largest absolute Gasteiger partial charge is 0.494 e. The van der Waals surface area contributed by atoms with Crippen LogP contribution in [0.15, 0.2) is 48.5 Å². The minimum atomic E-state index is -0.264. The van der Waals surface area contributed by atoms with Crippen LogP contribution in [0.3, 0.4) is 0 Å². The van der Waals surface area contributed by atoms with Gasteiger partial charge in [-0.2, -0.15) is 0 Å². The summed E-state index contributed by atoms with van der Waals surface area (Å²) in [6, 6.07) is 14.2. The van der Waals surface area contributed by atoms with Gasteiger partial charge in [0.2, 0.25) is 0 Å². The number of hydrogen-bond donors (Lipinski definition) is 2. The number of anilines is 1. The van der Waals surface area contributed by atoms with Gasteiger partial charge in [0.05, 0.1) is 51.1 Å². The molecule has 0 spiro atoms. The van der Waals surface area contributed by atoms with Crippen molar-refractivity contribution in [3.63, 3.8) is 0 Å². The summed E-state index contributed by atoms with van der Waals surface area (Å²) in [7, 11) is 2.13. The lowest BCUT2D eigenvalue weighted by Crippen LogP contribution is -3.12. The molecule has 3 rings (SSSR count). The van der Waals surface area contributed by atoms with Gasteiger partial charge >= 0.3 is 0 Å². The molecule has 0 saturated carbocycles. The number of nitrogens with zero attached hydrogens (tertiary/aromatic N) is 1. The summed E-state index contributed by atoms with van der Waals surface area (Å²) in [5, 5.41) is 2.88. The fraction of sp³-hybridized carbons (Fsp3) is 0.333. The van der Waals surface area contributed by atoms with Crippen molar-refractivity contribution < 1.29 is 19.2 Å². The van der Waals surface area contributed by atoms with E-state index in [9.17, 15) is 9.59 Å². The second kappa shape index (κ2) is 8.68. The molecule has 6 nitrogen and oxygen atoms in total. The Morgan fingerprint density at radius 2 is 1.85 bits per heavy atom. The Kier molecular flexibility index (Phi) is 6.08. The third-order valence-electron chi connectivity index (χ3n) is 4.72. The van der Waals surface area contributed by atoms with Crippen LogP contribution in [0.1, 0.15) is 27.6 Å². The van der Waals surface area contributed by atoms with Crippen molar-refractivity contribution >= 4 is 17.5 Å². The molecule has 142 valence electrons. The van der Waals surface area contributed by atoms with Crippen molar-refractivity contribution in [1.29, 1.82) is 0 Å². The third kappa shape index (κ3) is 4.65. The first-order valence-corrected chi connectivity index (χ1v) is 9.32. The van der Waals surface area contributed by atoms with Gasteiger partial charge in [0.25, 0.3) is 11.8 Å². The summed E-state index contributed by atoms with van der Waals surface area (Å²) in [6.45, 7) is 5.76. The van der Waals surface area contributed by atoms with Crippen LogP contribution >= 0.6 is 0 Å². The molecule has 2 aromatic rings. The third-order valence-corrected chi connectivity index (χ3v) is 4.72. The second-order valence-corrected chi connectivity index (χ2v) is 6.71. The topological polar surface area (TPSA) is 63.1 Å². The highest BCUT2D eigenvalue weighted by Crippen LogP contribution is 2.20. The van der Waals surface area contributed by atoms with E-state index in [1.54, 1.807) is 30.3 Å². The Bertz CT molecular complexity index is 814. The summed E-state index contributed by atoms with van der Waals surface area (Å²) in [5.74, 6) is 0.343. The van der Waals surface area contributed by atoms with Crippen LogP contribution in [0, 0.1) is 0 Å². The van der Waals surface area contributed by atoms with Crippen molar-refractivity contribution in [3.8, 4) is 5.75 Å². The molecule has 0 bridgehead atoms. The monoisotopic (exact) mass is 368 g/mol. The fourth-order valence-corrected chi connectivity index (χ4v) is 3.13. The second-order valence-electron chi connectivity index (χ2n) is 6.71. The number of carbonyl (C=O) groups excluding carboxylic acids is 2. The van der Waals surface area contributed by atoms with Crippen LogP contribution in [0.5, 0.6) is 5.75 Å². The van der Waals surface area contributed by atoms with Gasteiger partial charge in [-0.1, -0.05) is 18.2 Å². The summed E-state index contributed by atoms with van der Waals surface area (Å²) < 4.78 is 5.45. The van der Waals surface area contributed by atoms with E-state index in [1.165, 1.54) is 4.90 Å². The average Bonchev–Trinajstić information content (AvgIpc) is 2.69. The highest BCUT2D eigenvalue weighted by atomic mass is 16.5. The van der Waals surface area contributed by atoms with Crippen molar-refractivity contribution in [2.75, 3.05) is 45.2 Å². The van der Waals surface area contributed by atoms with Crippen molar-refractivity contribution in [3.05, 3.63) is 59.7 Å². The number of quaternary nitrogens is 1. The minimum Gasteiger partial charge on any atom is -0.494 e. The van der Waals surface area contributed by atoms with E-state index >= 15 is 0 Å².